The molecular formula is C20H29N5O. The summed E-state index contributed by atoms with van der Waals surface area (Å²) in [7, 11) is 0. The first-order valence-corrected chi connectivity index (χ1v) is 9.66. The molecule has 140 valence electrons. The van der Waals surface area contributed by atoms with E-state index in [9.17, 15) is 0 Å². The van der Waals surface area contributed by atoms with Crippen LogP contribution in [0.5, 0.6) is 0 Å². The number of hydrogen-bond acceptors (Lipinski definition) is 6. The number of hydrogen-bond donors (Lipinski definition) is 2. The van der Waals surface area contributed by atoms with E-state index in [1.807, 2.05) is 6.20 Å². The maximum absolute atomic E-state index is 6.00. The van der Waals surface area contributed by atoms with Crippen LogP contribution in [-0.4, -0.2) is 47.3 Å². The first-order chi connectivity index (χ1) is 12.5. The van der Waals surface area contributed by atoms with E-state index in [0.717, 1.165) is 61.3 Å². The molecule has 1 saturated carbocycles. The van der Waals surface area contributed by atoms with Gasteiger partial charge >= 0.3 is 0 Å². The third kappa shape index (κ3) is 3.91. The van der Waals surface area contributed by atoms with Crippen LogP contribution in [0.2, 0.25) is 0 Å². The van der Waals surface area contributed by atoms with Crippen molar-refractivity contribution in [3.8, 4) is 0 Å². The first kappa shape index (κ1) is 17.5. The monoisotopic (exact) mass is 355 g/mol. The average Bonchev–Trinajstić information content (AvgIpc) is 2.62. The van der Waals surface area contributed by atoms with Crippen molar-refractivity contribution < 1.29 is 4.74 Å². The van der Waals surface area contributed by atoms with Gasteiger partial charge in [-0.1, -0.05) is 0 Å². The Bertz CT molecular complexity index is 770. The van der Waals surface area contributed by atoms with Gasteiger partial charge in [-0.05, 0) is 57.7 Å². The zero-order chi connectivity index (χ0) is 18.1. The van der Waals surface area contributed by atoms with Crippen LogP contribution < -0.4 is 16.0 Å². The Kier molecular flexibility index (Phi) is 4.71. The van der Waals surface area contributed by atoms with Gasteiger partial charge in [0.25, 0.3) is 0 Å². The molecule has 2 fully saturated rings. The second-order valence-electron chi connectivity index (χ2n) is 8.23. The third-order valence-corrected chi connectivity index (χ3v) is 5.42. The number of fused-ring (bicyclic) bond motifs is 1. The lowest BCUT2D eigenvalue weighted by Crippen LogP contribution is -2.48. The average molecular weight is 355 g/mol. The first-order valence-electron chi connectivity index (χ1n) is 9.66. The number of morpholine rings is 1. The molecule has 1 aromatic heterocycles. The Hall–Kier alpha value is -1.92. The van der Waals surface area contributed by atoms with Crippen molar-refractivity contribution in [2.75, 3.05) is 29.9 Å². The summed E-state index contributed by atoms with van der Waals surface area (Å²) in [6.07, 6.45) is 6.42. The molecule has 0 unspecified atom stereocenters. The highest BCUT2D eigenvalue weighted by atomic mass is 16.5. The molecule has 26 heavy (non-hydrogen) atoms. The largest absolute Gasteiger partial charge is 0.382 e. The number of aromatic nitrogens is 2. The molecule has 3 N–H and O–H groups in total. The van der Waals surface area contributed by atoms with Gasteiger partial charge in [0.05, 0.1) is 17.7 Å². The predicted molar refractivity (Wildman–Crippen MR) is 106 cm³/mol. The van der Waals surface area contributed by atoms with Crippen molar-refractivity contribution in [2.45, 2.75) is 57.2 Å². The fourth-order valence-corrected chi connectivity index (χ4v) is 3.95. The number of nitrogens with zero attached hydrogens (tertiary/aromatic N) is 3. The topological polar surface area (TPSA) is 76.3 Å². The van der Waals surface area contributed by atoms with Gasteiger partial charge < -0.3 is 20.7 Å². The minimum Gasteiger partial charge on any atom is -0.382 e. The Labute approximate surface area is 155 Å². The van der Waals surface area contributed by atoms with Crippen LogP contribution in [0.15, 0.2) is 24.4 Å². The lowest BCUT2D eigenvalue weighted by molar-refractivity contribution is -0.0281. The zero-order valence-electron chi connectivity index (χ0n) is 15.7. The molecule has 0 radical (unpaired) electrons. The molecule has 2 aliphatic rings. The smallest absolute Gasteiger partial charge is 0.226 e. The van der Waals surface area contributed by atoms with E-state index in [2.05, 4.69) is 47.2 Å². The third-order valence-electron chi connectivity index (χ3n) is 5.42. The van der Waals surface area contributed by atoms with E-state index >= 15 is 0 Å². The Morgan fingerprint density at radius 2 is 2.04 bits per heavy atom. The normalized spacial score (nSPS) is 26.0. The number of ether oxygens (including phenoxy) is 1. The van der Waals surface area contributed by atoms with E-state index in [1.165, 1.54) is 0 Å². The molecule has 0 amide bonds. The summed E-state index contributed by atoms with van der Waals surface area (Å²) in [5.74, 6) is 0.788. The highest BCUT2D eigenvalue weighted by Gasteiger charge is 2.28. The number of nitrogens with two attached hydrogens (primary N) is 1. The Morgan fingerprint density at radius 3 is 2.81 bits per heavy atom. The molecule has 0 atom stereocenters. The van der Waals surface area contributed by atoms with Crippen LogP contribution in [0, 0.1) is 0 Å². The highest BCUT2D eigenvalue weighted by Crippen LogP contribution is 2.25. The molecule has 2 aromatic rings. The number of benzene rings is 1. The van der Waals surface area contributed by atoms with Gasteiger partial charge in [0, 0.05) is 42.4 Å². The van der Waals surface area contributed by atoms with Crippen molar-refractivity contribution in [3.05, 3.63) is 24.4 Å². The van der Waals surface area contributed by atoms with Gasteiger partial charge in [-0.2, -0.15) is 0 Å². The predicted octanol–water partition coefficient (Wildman–Crippen LogP) is 2.93. The van der Waals surface area contributed by atoms with Crippen LogP contribution >= 0.6 is 0 Å². The number of rotatable bonds is 3. The van der Waals surface area contributed by atoms with Gasteiger partial charge in [0.1, 0.15) is 0 Å². The lowest BCUT2D eigenvalue weighted by atomic mass is 9.91. The molecule has 2 heterocycles. The Balaban J connectivity index is 1.49. The summed E-state index contributed by atoms with van der Waals surface area (Å²) in [6.45, 7) is 6.56. The maximum Gasteiger partial charge on any atom is 0.226 e. The molecule has 0 spiro atoms. The molecule has 6 heteroatoms. The van der Waals surface area contributed by atoms with E-state index in [4.69, 9.17) is 15.5 Å². The van der Waals surface area contributed by atoms with Crippen molar-refractivity contribution in [1.29, 1.82) is 0 Å². The molecule has 1 saturated heterocycles. The minimum atomic E-state index is -0.160. The summed E-state index contributed by atoms with van der Waals surface area (Å²) in [4.78, 5) is 11.6. The molecule has 1 aliphatic heterocycles. The fourth-order valence-electron chi connectivity index (χ4n) is 3.95. The van der Waals surface area contributed by atoms with Crippen LogP contribution in [0.4, 0.5) is 11.6 Å². The molecular weight excluding hydrogens is 326 g/mol. The van der Waals surface area contributed by atoms with Crippen LogP contribution in [0.3, 0.4) is 0 Å². The van der Waals surface area contributed by atoms with Crippen molar-refractivity contribution in [3.63, 3.8) is 0 Å². The summed E-state index contributed by atoms with van der Waals surface area (Å²) >= 11 is 0. The number of anilines is 2. The van der Waals surface area contributed by atoms with Gasteiger partial charge in [-0.25, -0.2) is 9.97 Å². The molecule has 4 rings (SSSR count). The summed E-state index contributed by atoms with van der Waals surface area (Å²) in [5, 5.41) is 4.71. The van der Waals surface area contributed by atoms with E-state index in [1.54, 1.807) is 0 Å². The summed E-state index contributed by atoms with van der Waals surface area (Å²) in [6, 6.07) is 7.25. The number of nitrogens with one attached hydrogen (secondary N) is 1. The van der Waals surface area contributed by atoms with Crippen molar-refractivity contribution in [1.82, 2.24) is 9.97 Å². The van der Waals surface area contributed by atoms with Gasteiger partial charge in [-0.15, -0.1) is 0 Å². The van der Waals surface area contributed by atoms with E-state index < -0.39 is 0 Å². The quantitative estimate of drug-likeness (QED) is 0.882. The SMILES string of the molecule is CC1(C)CN(c2ncc3cc(NC4CCC(N)CC4)ccc3n2)CCO1. The standard InChI is InChI=1S/C20H29N5O/c1-20(2)13-25(9-10-26-20)19-22-12-14-11-17(7-8-18(14)24-19)23-16-5-3-15(21)4-6-16/h7-8,11-12,15-16,23H,3-6,9-10,13,21H2,1-2H3. The van der Waals surface area contributed by atoms with Crippen LogP contribution in [-0.2, 0) is 4.74 Å². The maximum atomic E-state index is 6.00. The van der Waals surface area contributed by atoms with Crippen molar-refractivity contribution >= 4 is 22.5 Å². The van der Waals surface area contributed by atoms with E-state index in [-0.39, 0.29) is 5.60 Å². The summed E-state index contributed by atoms with van der Waals surface area (Å²) in [5.41, 5.74) is 7.96. The second kappa shape index (κ2) is 7.00. The van der Waals surface area contributed by atoms with E-state index in [0.29, 0.717) is 18.7 Å². The molecule has 6 nitrogen and oxygen atoms in total. The minimum absolute atomic E-state index is 0.160. The second-order valence-corrected chi connectivity index (χ2v) is 8.23. The van der Waals surface area contributed by atoms with Gasteiger partial charge in [-0.3, -0.25) is 0 Å². The van der Waals surface area contributed by atoms with Crippen LogP contribution in [0.1, 0.15) is 39.5 Å². The van der Waals surface area contributed by atoms with Crippen LogP contribution in [0.25, 0.3) is 10.9 Å². The summed E-state index contributed by atoms with van der Waals surface area (Å²) < 4.78 is 5.79. The molecule has 1 aliphatic carbocycles. The molecule has 1 aromatic carbocycles. The molecule has 0 bridgehead atoms. The van der Waals surface area contributed by atoms with Crippen molar-refractivity contribution in [2.24, 2.45) is 5.73 Å². The highest BCUT2D eigenvalue weighted by molar-refractivity contribution is 5.82. The Morgan fingerprint density at radius 1 is 1.23 bits per heavy atom. The van der Waals surface area contributed by atoms with Gasteiger partial charge in [0.2, 0.25) is 5.95 Å². The fraction of sp³-hybridized carbons (Fsp3) is 0.600. The van der Waals surface area contributed by atoms with Gasteiger partial charge in [0.15, 0.2) is 0 Å². The zero-order valence-corrected chi connectivity index (χ0v) is 15.7. The lowest BCUT2D eigenvalue weighted by Gasteiger charge is -2.38.